The average molecular weight is 341 g/mol. The molecule has 0 aliphatic heterocycles. The van der Waals surface area contributed by atoms with E-state index < -0.39 is 6.10 Å². The van der Waals surface area contributed by atoms with Crippen LogP contribution in [0.1, 0.15) is 37.0 Å². The monoisotopic (exact) mass is 341 g/mol. The first-order valence-corrected chi connectivity index (χ1v) is 9.15. The molecule has 0 bridgehead atoms. The van der Waals surface area contributed by atoms with Gasteiger partial charge in [-0.3, -0.25) is 4.90 Å². The van der Waals surface area contributed by atoms with Crippen molar-refractivity contribution in [3.05, 3.63) is 65.2 Å². The molecular formula is C22H31NO2. The third-order valence-corrected chi connectivity index (χ3v) is 4.65. The number of benzene rings is 2. The van der Waals surface area contributed by atoms with Gasteiger partial charge in [0.15, 0.2) is 0 Å². The predicted molar refractivity (Wildman–Crippen MR) is 104 cm³/mol. The van der Waals surface area contributed by atoms with Crippen molar-refractivity contribution in [2.45, 2.75) is 52.8 Å². The summed E-state index contributed by atoms with van der Waals surface area (Å²) in [5, 5.41) is 10.5. The summed E-state index contributed by atoms with van der Waals surface area (Å²) < 4.78 is 5.81. The van der Waals surface area contributed by atoms with Crippen LogP contribution in [0.15, 0.2) is 48.5 Å². The lowest BCUT2D eigenvalue weighted by Gasteiger charge is -2.30. The van der Waals surface area contributed by atoms with Gasteiger partial charge in [0, 0.05) is 19.1 Å². The van der Waals surface area contributed by atoms with E-state index in [1.54, 1.807) is 0 Å². The van der Waals surface area contributed by atoms with Crippen molar-refractivity contribution in [1.82, 2.24) is 4.90 Å². The van der Waals surface area contributed by atoms with Crippen LogP contribution in [-0.2, 0) is 6.54 Å². The van der Waals surface area contributed by atoms with Crippen LogP contribution >= 0.6 is 0 Å². The second-order valence-corrected chi connectivity index (χ2v) is 6.91. The predicted octanol–water partition coefficient (Wildman–Crippen LogP) is 4.34. The molecule has 0 aliphatic rings. The average Bonchev–Trinajstić information content (AvgIpc) is 2.60. The van der Waals surface area contributed by atoms with Crippen molar-refractivity contribution in [2.75, 3.05) is 13.2 Å². The summed E-state index contributed by atoms with van der Waals surface area (Å²) in [4.78, 5) is 2.33. The minimum absolute atomic E-state index is 0.311. The molecule has 0 aromatic heterocycles. The van der Waals surface area contributed by atoms with Crippen LogP contribution < -0.4 is 4.74 Å². The van der Waals surface area contributed by atoms with Crippen molar-refractivity contribution >= 4 is 0 Å². The molecule has 0 amide bonds. The molecule has 0 unspecified atom stereocenters. The van der Waals surface area contributed by atoms with Gasteiger partial charge in [-0.15, -0.1) is 0 Å². The van der Waals surface area contributed by atoms with Gasteiger partial charge < -0.3 is 9.84 Å². The Balaban J connectivity index is 1.95. The fourth-order valence-corrected chi connectivity index (χ4v) is 2.93. The van der Waals surface area contributed by atoms with Crippen LogP contribution in [0, 0.1) is 13.8 Å². The second kappa shape index (κ2) is 9.59. The van der Waals surface area contributed by atoms with Gasteiger partial charge in [-0.05, 0) is 44.4 Å². The van der Waals surface area contributed by atoms with E-state index in [4.69, 9.17) is 4.74 Å². The summed E-state index contributed by atoms with van der Waals surface area (Å²) in [5.74, 6) is 0.843. The third kappa shape index (κ3) is 6.18. The van der Waals surface area contributed by atoms with E-state index in [9.17, 15) is 5.11 Å². The zero-order valence-corrected chi connectivity index (χ0v) is 15.9. The highest BCUT2D eigenvalue weighted by Gasteiger charge is 2.18. The highest BCUT2D eigenvalue weighted by atomic mass is 16.5. The van der Waals surface area contributed by atoms with Crippen LogP contribution in [0.4, 0.5) is 0 Å². The number of ether oxygens (including phenoxy) is 1. The maximum atomic E-state index is 10.5. The van der Waals surface area contributed by atoms with Gasteiger partial charge in [-0.1, -0.05) is 55.0 Å². The highest BCUT2D eigenvalue weighted by molar-refractivity contribution is 5.31. The van der Waals surface area contributed by atoms with Crippen LogP contribution in [0.3, 0.4) is 0 Å². The maximum Gasteiger partial charge on any atom is 0.122 e. The van der Waals surface area contributed by atoms with Crippen molar-refractivity contribution in [3.8, 4) is 5.75 Å². The molecule has 2 atom stereocenters. The van der Waals surface area contributed by atoms with E-state index in [0.717, 1.165) is 24.3 Å². The molecule has 0 spiro atoms. The number of aryl methyl sites for hydroxylation is 2. The Labute approximate surface area is 152 Å². The molecule has 0 aliphatic carbocycles. The molecule has 2 rings (SSSR count). The van der Waals surface area contributed by atoms with E-state index >= 15 is 0 Å². The van der Waals surface area contributed by atoms with Crippen LogP contribution in [0.5, 0.6) is 5.75 Å². The number of hydrogen-bond donors (Lipinski definition) is 1. The quantitative estimate of drug-likeness (QED) is 0.736. The summed E-state index contributed by atoms with van der Waals surface area (Å²) in [7, 11) is 0. The summed E-state index contributed by atoms with van der Waals surface area (Å²) in [6.45, 7) is 10.3. The number of aliphatic hydroxyl groups is 1. The van der Waals surface area contributed by atoms with Crippen molar-refractivity contribution in [2.24, 2.45) is 0 Å². The van der Waals surface area contributed by atoms with Gasteiger partial charge in [-0.2, -0.15) is 0 Å². The zero-order valence-electron chi connectivity index (χ0n) is 15.9. The SMILES string of the molecule is CC[C@H](C)N(Cc1cccc(C)c1)C[C@@H](O)COc1ccccc1C. The van der Waals surface area contributed by atoms with E-state index in [1.165, 1.54) is 11.1 Å². The Morgan fingerprint density at radius 1 is 1.08 bits per heavy atom. The molecule has 0 radical (unpaired) electrons. The lowest BCUT2D eigenvalue weighted by atomic mass is 10.1. The molecule has 0 heterocycles. The molecular weight excluding hydrogens is 310 g/mol. The fourth-order valence-electron chi connectivity index (χ4n) is 2.93. The maximum absolute atomic E-state index is 10.5. The number of para-hydroxylation sites is 1. The largest absolute Gasteiger partial charge is 0.491 e. The lowest BCUT2D eigenvalue weighted by molar-refractivity contribution is 0.0504. The Bertz CT molecular complexity index is 656. The van der Waals surface area contributed by atoms with Crippen LogP contribution in [0.25, 0.3) is 0 Å². The van der Waals surface area contributed by atoms with Crippen LogP contribution in [0.2, 0.25) is 0 Å². The van der Waals surface area contributed by atoms with E-state index in [0.29, 0.717) is 19.2 Å². The summed E-state index contributed by atoms with van der Waals surface area (Å²) in [6.07, 6.45) is 0.537. The van der Waals surface area contributed by atoms with Gasteiger partial charge in [0.05, 0.1) is 0 Å². The van der Waals surface area contributed by atoms with Gasteiger partial charge in [-0.25, -0.2) is 0 Å². The summed E-state index contributed by atoms with van der Waals surface area (Å²) in [5.41, 5.74) is 3.64. The summed E-state index contributed by atoms with van der Waals surface area (Å²) in [6, 6.07) is 16.9. The zero-order chi connectivity index (χ0) is 18.2. The Morgan fingerprint density at radius 3 is 2.52 bits per heavy atom. The van der Waals surface area contributed by atoms with Crippen molar-refractivity contribution in [3.63, 3.8) is 0 Å². The minimum atomic E-state index is -0.515. The standard InChI is InChI=1S/C22H31NO2/c1-5-19(4)23(14-20-11-8-9-17(2)13-20)15-21(24)16-25-22-12-7-6-10-18(22)3/h6-13,19,21,24H,5,14-16H2,1-4H3/t19-,21+/m0/s1. The van der Waals surface area contributed by atoms with E-state index in [2.05, 4.69) is 49.9 Å². The van der Waals surface area contributed by atoms with Gasteiger partial charge in [0.1, 0.15) is 18.5 Å². The Kier molecular flexibility index (Phi) is 7.48. The molecule has 136 valence electrons. The summed E-state index contributed by atoms with van der Waals surface area (Å²) >= 11 is 0. The molecule has 25 heavy (non-hydrogen) atoms. The normalized spacial score (nSPS) is 13.7. The molecule has 0 fully saturated rings. The molecule has 2 aromatic carbocycles. The first kappa shape index (κ1) is 19.5. The van der Waals surface area contributed by atoms with Gasteiger partial charge >= 0.3 is 0 Å². The molecule has 3 heteroatoms. The van der Waals surface area contributed by atoms with E-state index in [1.807, 2.05) is 31.2 Å². The first-order chi connectivity index (χ1) is 12.0. The van der Waals surface area contributed by atoms with Crippen molar-refractivity contribution < 1.29 is 9.84 Å². The molecule has 0 saturated carbocycles. The molecule has 0 saturated heterocycles. The van der Waals surface area contributed by atoms with E-state index in [-0.39, 0.29) is 0 Å². The second-order valence-electron chi connectivity index (χ2n) is 6.91. The molecule has 3 nitrogen and oxygen atoms in total. The number of aliphatic hydroxyl groups excluding tert-OH is 1. The Morgan fingerprint density at radius 2 is 1.84 bits per heavy atom. The molecule has 2 aromatic rings. The van der Waals surface area contributed by atoms with Gasteiger partial charge in [0.25, 0.3) is 0 Å². The highest BCUT2D eigenvalue weighted by Crippen LogP contribution is 2.17. The number of hydrogen-bond acceptors (Lipinski definition) is 3. The number of rotatable bonds is 9. The van der Waals surface area contributed by atoms with Crippen LogP contribution in [-0.4, -0.2) is 35.3 Å². The fraction of sp³-hybridized carbons (Fsp3) is 0.455. The topological polar surface area (TPSA) is 32.7 Å². The third-order valence-electron chi connectivity index (χ3n) is 4.65. The smallest absolute Gasteiger partial charge is 0.122 e. The molecule has 1 N–H and O–H groups in total. The van der Waals surface area contributed by atoms with Crippen molar-refractivity contribution in [1.29, 1.82) is 0 Å². The van der Waals surface area contributed by atoms with Gasteiger partial charge in [0.2, 0.25) is 0 Å². The Hall–Kier alpha value is -1.84. The minimum Gasteiger partial charge on any atom is -0.491 e. The first-order valence-electron chi connectivity index (χ1n) is 9.15. The number of nitrogens with zero attached hydrogens (tertiary/aromatic N) is 1. The lowest BCUT2D eigenvalue weighted by Crippen LogP contribution is -2.40.